The van der Waals surface area contributed by atoms with Crippen LogP contribution in [0.5, 0.6) is 0 Å². The Kier molecular flexibility index (Phi) is 9.16. The van der Waals surface area contributed by atoms with E-state index in [0.717, 1.165) is 16.8 Å². The Hall–Kier alpha value is -2.61. The van der Waals surface area contributed by atoms with Crippen LogP contribution in [0.3, 0.4) is 0 Å². The molecule has 0 aromatic heterocycles. The van der Waals surface area contributed by atoms with Crippen molar-refractivity contribution in [2.45, 2.75) is 33.6 Å². The molecule has 1 aromatic rings. The van der Waals surface area contributed by atoms with E-state index in [1.54, 1.807) is 24.0 Å². The normalized spacial score (nSPS) is 20.2. The van der Waals surface area contributed by atoms with Gasteiger partial charge in [0.1, 0.15) is 0 Å². The average molecular weight is 516 g/mol. The van der Waals surface area contributed by atoms with Crippen LogP contribution in [0, 0.1) is 0 Å². The van der Waals surface area contributed by atoms with Crippen LogP contribution in [-0.2, 0) is 21.2 Å². The van der Waals surface area contributed by atoms with Gasteiger partial charge in [-0.2, -0.15) is 4.31 Å². The molecule has 0 radical (unpaired) electrons. The molecule has 2 saturated heterocycles. The molecule has 35 heavy (non-hydrogen) atoms. The Labute approximate surface area is 214 Å². The van der Waals surface area contributed by atoms with Gasteiger partial charge in [-0.15, -0.1) is 0 Å². The molecule has 0 spiro atoms. The van der Waals surface area contributed by atoms with Crippen molar-refractivity contribution in [3.63, 3.8) is 0 Å². The van der Waals surface area contributed by atoms with Crippen molar-refractivity contribution in [3.05, 3.63) is 93.7 Å². The summed E-state index contributed by atoms with van der Waals surface area (Å²) in [5.74, 6) is -0.0208. The van der Waals surface area contributed by atoms with E-state index in [0.29, 0.717) is 56.3 Å². The lowest BCUT2D eigenvalue weighted by atomic mass is 10.1. The number of piperazine rings is 1. The molecule has 2 aliphatic heterocycles. The summed E-state index contributed by atoms with van der Waals surface area (Å²) in [4.78, 5) is 17.0. The number of hydrogen-bond acceptors (Lipinski definition) is 4. The quantitative estimate of drug-likeness (QED) is 0.489. The zero-order chi connectivity index (χ0) is 25.6. The third-order valence-corrected chi connectivity index (χ3v) is 8.69. The van der Waals surface area contributed by atoms with Gasteiger partial charge in [0.15, 0.2) is 0 Å². The summed E-state index contributed by atoms with van der Waals surface area (Å²) in [6.07, 6.45) is 7.99. The molecule has 2 heterocycles. The highest BCUT2D eigenvalue weighted by molar-refractivity contribution is 7.93. The Morgan fingerprint density at radius 3 is 2.37 bits per heavy atom. The second-order valence-electron chi connectivity index (χ2n) is 8.74. The van der Waals surface area contributed by atoms with Crippen molar-refractivity contribution >= 4 is 27.5 Å². The third kappa shape index (κ3) is 6.75. The molecule has 188 valence electrons. The van der Waals surface area contributed by atoms with E-state index in [9.17, 15) is 13.2 Å². The highest BCUT2D eigenvalue weighted by Gasteiger charge is 2.29. The van der Waals surface area contributed by atoms with Crippen molar-refractivity contribution in [2.75, 3.05) is 32.7 Å². The van der Waals surface area contributed by atoms with E-state index in [4.69, 9.17) is 11.6 Å². The van der Waals surface area contributed by atoms with Gasteiger partial charge in [-0.1, -0.05) is 54.6 Å². The number of likely N-dealkylation sites (tertiary alicyclic amines) is 1. The van der Waals surface area contributed by atoms with E-state index in [1.807, 2.05) is 56.3 Å². The first-order valence-corrected chi connectivity index (χ1v) is 13.6. The minimum Gasteiger partial charge on any atom is -0.372 e. The number of carbonyl (C=O) groups is 1. The van der Waals surface area contributed by atoms with Crippen LogP contribution in [0.25, 0.3) is 0 Å². The molecule has 1 aromatic carbocycles. The van der Waals surface area contributed by atoms with Crippen LogP contribution < -0.4 is 0 Å². The topological polar surface area (TPSA) is 60.9 Å². The molecule has 6 nitrogen and oxygen atoms in total. The van der Waals surface area contributed by atoms with Crippen molar-refractivity contribution in [3.8, 4) is 0 Å². The highest BCUT2D eigenvalue weighted by atomic mass is 35.5. The SMILES string of the molecule is C=C1CCN(C(=O)Cc2ccccc2)C1=CC=C(C)S(=O)(=O)N1CCN(C(C)=CC(Cl)=CC)CC1. The Bertz CT molecular complexity index is 1180. The summed E-state index contributed by atoms with van der Waals surface area (Å²) in [6, 6.07) is 9.59. The Balaban J connectivity index is 1.69. The summed E-state index contributed by atoms with van der Waals surface area (Å²) in [5, 5.41) is 0.661. The van der Waals surface area contributed by atoms with Crippen molar-refractivity contribution in [2.24, 2.45) is 0 Å². The molecule has 2 fully saturated rings. The molecule has 0 atom stereocenters. The van der Waals surface area contributed by atoms with Crippen LogP contribution in [0.4, 0.5) is 0 Å². The number of halogens is 1. The predicted molar refractivity (Wildman–Crippen MR) is 143 cm³/mol. The summed E-state index contributed by atoms with van der Waals surface area (Å²) >= 11 is 6.10. The van der Waals surface area contributed by atoms with Crippen molar-refractivity contribution in [1.82, 2.24) is 14.1 Å². The van der Waals surface area contributed by atoms with Gasteiger partial charge in [0.05, 0.1) is 11.3 Å². The zero-order valence-corrected chi connectivity index (χ0v) is 22.3. The largest absolute Gasteiger partial charge is 0.372 e. The van der Waals surface area contributed by atoms with Crippen LogP contribution in [0.2, 0.25) is 0 Å². The standard InChI is InChI=1S/C27H34ClN3O3S/c1-5-25(28)19-22(3)29-15-17-30(18-16-29)35(33,34)23(4)11-12-26-21(2)13-14-31(26)27(32)20-24-9-7-6-8-10-24/h5-12,19H,2,13-18,20H2,1,3-4H3. The van der Waals surface area contributed by atoms with Gasteiger partial charge in [-0.3, -0.25) is 4.79 Å². The maximum Gasteiger partial charge on any atom is 0.239 e. The van der Waals surface area contributed by atoms with Crippen LogP contribution in [-0.4, -0.2) is 61.2 Å². The third-order valence-electron chi connectivity index (χ3n) is 6.37. The molecule has 0 aliphatic carbocycles. The molecule has 2 aliphatic rings. The number of amides is 1. The molecule has 8 heteroatoms. The lowest BCUT2D eigenvalue weighted by Crippen LogP contribution is -2.47. The fraction of sp³-hybridized carbons (Fsp3) is 0.370. The molecular weight excluding hydrogens is 482 g/mol. The first-order chi connectivity index (χ1) is 16.6. The van der Waals surface area contributed by atoms with Gasteiger partial charge >= 0.3 is 0 Å². The van der Waals surface area contributed by atoms with Crippen LogP contribution in [0.15, 0.2) is 88.1 Å². The van der Waals surface area contributed by atoms with Gasteiger partial charge < -0.3 is 9.80 Å². The number of allylic oxidation sites excluding steroid dienone is 8. The molecule has 0 N–H and O–H groups in total. The minimum absolute atomic E-state index is 0.0208. The molecule has 0 bridgehead atoms. The summed E-state index contributed by atoms with van der Waals surface area (Å²) < 4.78 is 27.9. The second kappa shape index (κ2) is 11.9. The molecule has 0 unspecified atom stereocenters. The molecule has 1 amide bonds. The van der Waals surface area contributed by atoms with E-state index in [1.165, 1.54) is 4.31 Å². The highest BCUT2D eigenvalue weighted by Crippen LogP contribution is 2.27. The second-order valence-corrected chi connectivity index (χ2v) is 11.3. The average Bonchev–Trinajstić information content (AvgIpc) is 3.23. The van der Waals surface area contributed by atoms with Gasteiger partial charge in [-0.05, 0) is 56.6 Å². The summed E-state index contributed by atoms with van der Waals surface area (Å²) in [5.41, 5.74) is 3.48. The summed E-state index contributed by atoms with van der Waals surface area (Å²) in [7, 11) is -3.60. The first kappa shape index (κ1) is 27.0. The van der Waals surface area contributed by atoms with Crippen LogP contribution >= 0.6 is 11.6 Å². The maximum absolute atomic E-state index is 13.2. The summed E-state index contributed by atoms with van der Waals surface area (Å²) in [6.45, 7) is 12.1. The minimum atomic E-state index is -3.60. The van der Waals surface area contributed by atoms with E-state index >= 15 is 0 Å². The van der Waals surface area contributed by atoms with Gasteiger partial charge in [0, 0.05) is 49.2 Å². The lowest BCUT2D eigenvalue weighted by Gasteiger charge is -2.36. The van der Waals surface area contributed by atoms with E-state index in [2.05, 4.69) is 11.5 Å². The number of sulfonamides is 1. The first-order valence-electron chi connectivity index (χ1n) is 11.8. The smallest absolute Gasteiger partial charge is 0.239 e. The van der Waals surface area contributed by atoms with Gasteiger partial charge in [-0.25, -0.2) is 8.42 Å². The number of benzene rings is 1. The lowest BCUT2D eigenvalue weighted by molar-refractivity contribution is -0.127. The monoisotopic (exact) mass is 515 g/mol. The molecule has 3 rings (SSSR count). The van der Waals surface area contributed by atoms with Crippen LogP contribution in [0.1, 0.15) is 32.8 Å². The molecule has 0 saturated carbocycles. The van der Waals surface area contributed by atoms with Gasteiger partial charge in [0.25, 0.3) is 0 Å². The van der Waals surface area contributed by atoms with E-state index < -0.39 is 10.0 Å². The number of hydrogen-bond donors (Lipinski definition) is 0. The Morgan fingerprint density at radius 2 is 1.74 bits per heavy atom. The fourth-order valence-electron chi connectivity index (χ4n) is 4.16. The van der Waals surface area contributed by atoms with Gasteiger partial charge in [0.2, 0.25) is 15.9 Å². The number of carbonyl (C=O) groups excluding carboxylic acids is 1. The number of rotatable bonds is 7. The Morgan fingerprint density at radius 1 is 1.09 bits per heavy atom. The van der Waals surface area contributed by atoms with E-state index in [-0.39, 0.29) is 10.8 Å². The van der Waals surface area contributed by atoms with Crippen molar-refractivity contribution in [1.29, 1.82) is 0 Å². The van der Waals surface area contributed by atoms with Crippen molar-refractivity contribution < 1.29 is 13.2 Å². The zero-order valence-electron chi connectivity index (χ0n) is 20.7. The molecular formula is C27H34ClN3O3S. The maximum atomic E-state index is 13.2. The fourth-order valence-corrected chi connectivity index (χ4v) is 5.61. The number of nitrogens with zero attached hydrogens (tertiary/aromatic N) is 3. The predicted octanol–water partition coefficient (Wildman–Crippen LogP) is 4.80.